The number of carbonyl (C=O) groups is 2. The average molecular weight is 851 g/mol. The number of aromatic nitrogens is 6. The van der Waals surface area contributed by atoms with Gasteiger partial charge in [0.05, 0.1) is 36.2 Å². The molecule has 14 nitrogen and oxygen atoms in total. The van der Waals surface area contributed by atoms with Crippen molar-refractivity contribution in [1.82, 2.24) is 40.5 Å². The van der Waals surface area contributed by atoms with Crippen LogP contribution in [-0.4, -0.2) is 80.1 Å². The fourth-order valence-corrected chi connectivity index (χ4v) is 7.58. The summed E-state index contributed by atoms with van der Waals surface area (Å²) in [6, 6.07) is 23.9. The minimum Gasteiger partial charge on any atom is -0.372 e. The van der Waals surface area contributed by atoms with Gasteiger partial charge in [-0.15, -0.1) is 0 Å². The van der Waals surface area contributed by atoms with E-state index in [0.29, 0.717) is 68.4 Å². The van der Waals surface area contributed by atoms with E-state index in [1.54, 1.807) is 0 Å². The Hall–Kier alpha value is -5.41. The van der Waals surface area contributed by atoms with Gasteiger partial charge in [-0.25, -0.2) is 19.9 Å². The number of H-pyrrole nitrogens is 2. The molecule has 61 heavy (non-hydrogen) atoms. The highest BCUT2D eigenvalue weighted by molar-refractivity contribution is 6.34. The predicted octanol–water partition coefficient (Wildman–Crippen LogP) is 8.23. The van der Waals surface area contributed by atoms with Crippen molar-refractivity contribution in [2.24, 2.45) is 5.73 Å². The number of nitrogens with zero attached hydrogens (tertiary/aromatic N) is 4. The Morgan fingerprint density at radius 3 is 1.62 bits per heavy atom. The maximum absolute atomic E-state index is 11.1. The highest BCUT2D eigenvalue weighted by Gasteiger charge is 2.18. The first kappa shape index (κ1) is 45.1. The quantitative estimate of drug-likeness (QED) is 0.0459. The summed E-state index contributed by atoms with van der Waals surface area (Å²) in [5, 5.41) is 10.9. The van der Waals surface area contributed by atoms with Crippen LogP contribution in [0.15, 0.2) is 72.8 Å². The van der Waals surface area contributed by atoms with Gasteiger partial charge in [0, 0.05) is 62.5 Å². The molecule has 2 aliphatic rings. The summed E-state index contributed by atoms with van der Waals surface area (Å²) in [5.74, 6) is 1.98. The van der Waals surface area contributed by atoms with Gasteiger partial charge in [-0.2, -0.15) is 0 Å². The lowest BCUT2D eigenvalue weighted by molar-refractivity contribution is -0.119. The molecule has 6 aromatic rings. The molecule has 2 amide bonds. The molecule has 324 valence electrons. The molecule has 8 rings (SSSR count). The van der Waals surface area contributed by atoms with Crippen LogP contribution in [0, 0.1) is 0 Å². The van der Waals surface area contributed by atoms with E-state index < -0.39 is 0 Å². The van der Waals surface area contributed by atoms with Crippen LogP contribution in [0.2, 0.25) is 5.15 Å². The number of fused-ring (bicyclic) bond motifs is 2. The van der Waals surface area contributed by atoms with Crippen LogP contribution in [0.1, 0.15) is 89.4 Å². The monoisotopic (exact) mass is 850 g/mol. The van der Waals surface area contributed by atoms with E-state index in [1.807, 2.05) is 66.7 Å². The van der Waals surface area contributed by atoms with E-state index in [4.69, 9.17) is 36.8 Å². The fourth-order valence-electron chi connectivity index (χ4n) is 7.36. The summed E-state index contributed by atoms with van der Waals surface area (Å²) in [4.78, 5) is 46.4. The van der Waals surface area contributed by atoms with Crippen LogP contribution in [0.3, 0.4) is 0 Å². The minimum absolute atomic E-state index is 0.0227. The van der Waals surface area contributed by atoms with Crippen molar-refractivity contribution in [3.8, 4) is 22.8 Å². The van der Waals surface area contributed by atoms with Gasteiger partial charge in [0.15, 0.2) is 11.6 Å². The smallest absolute Gasteiger partial charge is 0.216 e. The van der Waals surface area contributed by atoms with E-state index in [-0.39, 0.29) is 11.8 Å². The van der Waals surface area contributed by atoms with Crippen molar-refractivity contribution in [3.05, 3.63) is 89.3 Å². The van der Waals surface area contributed by atoms with Gasteiger partial charge in [0.2, 0.25) is 11.8 Å². The second-order valence-electron chi connectivity index (χ2n) is 15.4. The topological polar surface area (TPSA) is 198 Å². The number of nitrogens with one attached hydrogen (secondary N) is 5. The first-order valence-corrected chi connectivity index (χ1v) is 21.8. The molecular weight excluding hydrogens is 792 g/mol. The van der Waals surface area contributed by atoms with Gasteiger partial charge in [0.1, 0.15) is 22.3 Å². The second kappa shape index (κ2) is 23.6. The second-order valence-corrected chi connectivity index (χ2v) is 15.8. The summed E-state index contributed by atoms with van der Waals surface area (Å²) in [6.07, 6.45) is 13.1. The van der Waals surface area contributed by atoms with Crippen molar-refractivity contribution >= 4 is 51.3 Å². The molecule has 0 spiro atoms. The third kappa shape index (κ3) is 14.1. The Morgan fingerprint density at radius 1 is 0.656 bits per heavy atom. The van der Waals surface area contributed by atoms with Crippen LogP contribution in [-0.2, 0) is 32.3 Å². The number of hydrogen-bond donors (Lipinski definition) is 6. The minimum atomic E-state index is -0.0431. The van der Waals surface area contributed by atoms with E-state index in [2.05, 4.69) is 42.0 Å². The summed E-state index contributed by atoms with van der Waals surface area (Å²) in [7, 11) is 0. The van der Waals surface area contributed by atoms with Crippen LogP contribution in [0.5, 0.6) is 0 Å². The third-order valence-electron chi connectivity index (χ3n) is 10.5. The molecular formula is C46H59ClN10O4. The lowest BCUT2D eigenvalue weighted by Gasteiger charge is -2.21. The maximum Gasteiger partial charge on any atom is 0.216 e. The number of benzene rings is 2. The number of ether oxygens (including phenoxy) is 2. The first-order chi connectivity index (χ1) is 29.7. The van der Waals surface area contributed by atoms with E-state index in [0.717, 1.165) is 63.2 Å². The zero-order valence-corrected chi connectivity index (χ0v) is 36.0. The molecule has 4 aromatic heterocycles. The Balaban J connectivity index is 0.000000180. The molecule has 2 aliphatic carbocycles. The zero-order chi connectivity index (χ0) is 42.8. The number of halogens is 1. The fraction of sp³-hybridized carbons (Fsp3) is 0.435. The Kier molecular flexibility index (Phi) is 17.4. The SMILES string of the molecule is CC(=O)NCCN.CC(=O)NCCNc1nc(-c2ccccc2)nc2[nH]c(COC3CCCCC3)cc12.Clc1nc(-c2ccccc2)nc2[nH]c(COC3CCCCC3)cc12. The molecule has 0 bridgehead atoms. The molecule has 2 fully saturated rings. The van der Waals surface area contributed by atoms with Gasteiger partial charge in [0.25, 0.3) is 0 Å². The predicted molar refractivity (Wildman–Crippen MR) is 242 cm³/mol. The average Bonchev–Trinajstić information content (AvgIpc) is 3.92. The van der Waals surface area contributed by atoms with Crippen LogP contribution < -0.4 is 21.7 Å². The summed E-state index contributed by atoms with van der Waals surface area (Å²) in [6.45, 7) is 6.30. The Morgan fingerprint density at radius 2 is 1.13 bits per heavy atom. The molecule has 0 radical (unpaired) electrons. The molecule has 15 heteroatoms. The molecule has 7 N–H and O–H groups in total. The lowest BCUT2D eigenvalue weighted by Crippen LogP contribution is -2.26. The summed E-state index contributed by atoms with van der Waals surface area (Å²) >= 11 is 6.36. The normalized spacial score (nSPS) is 14.4. The van der Waals surface area contributed by atoms with Crippen molar-refractivity contribution in [2.45, 2.75) is 103 Å². The number of aromatic amines is 2. The number of anilines is 1. The molecule has 0 saturated heterocycles. The van der Waals surface area contributed by atoms with Crippen LogP contribution in [0.25, 0.3) is 44.8 Å². The first-order valence-electron chi connectivity index (χ1n) is 21.5. The van der Waals surface area contributed by atoms with Crippen molar-refractivity contribution in [2.75, 3.05) is 31.5 Å². The van der Waals surface area contributed by atoms with Crippen molar-refractivity contribution < 1.29 is 19.1 Å². The van der Waals surface area contributed by atoms with Gasteiger partial charge in [-0.1, -0.05) is 111 Å². The highest BCUT2D eigenvalue weighted by Crippen LogP contribution is 2.29. The number of rotatable bonds is 14. The van der Waals surface area contributed by atoms with Crippen LogP contribution >= 0.6 is 11.6 Å². The van der Waals surface area contributed by atoms with Gasteiger partial charge >= 0.3 is 0 Å². The van der Waals surface area contributed by atoms with E-state index in [9.17, 15) is 9.59 Å². The lowest BCUT2D eigenvalue weighted by atomic mass is 9.98. The van der Waals surface area contributed by atoms with Crippen LogP contribution in [0.4, 0.5) is 5.82 Å². The van der Waals surface area contributed by atoms with Gasteiger partial charge in [-0.05, 0) is 37.8 Å². The molecule has 4 heterocycles. The summed E-state index contributed by atoms with van der Waals surface area (Å²) in [5.41, 5.74) is 10.5. The van der Waals surface area contributed by atoms with Crippen molar-refractivity contribution in [1.29, 1.82) is 0 Å². The van der Waals surface area contributed by atoms with Gasteiger partial charge < -0.3 is 41.1 Å². The number of nitrogens with two attached hydrogens (primary N) is 1. The summed E-state index contributed by atoms with van der Waals surface area (Å²) < 4.78 is 12.2. The number of carbonyl (C=O) groups excluding carboxylic acids is 2. The number of hydrogen-bond acceptors (Lipinski definition) is 10. The molecule has 2 aromatic carbocycles. The third-order valence-corrected chi connectivity index (χ3v) is 10.8. The molecule has 2 saturated carbocycles. The maximum atomic E-state index is 11.1. The molecule has 0 atom stereocenters. The largest absolute Gasteiger partial charge is 0.372 e. The Bertz CT molecular complexity index is 2270. The van der Waals surface area contributed by atoms with Gasteiger partial charge in [-0.3, -0.25) is 9.59 Å². The number of amides is 2. The Labute approximate surface area is 362 Å². The molecule has 0 unspecified atom stereocenters. The van der Waals surface area contributed by atoms with E-state index in [1.165, 1.54) is 65.2 Å². The standard InChI is InChI=1S/C23H29N5O2.C19H20ClN3O.C4H10N2O/c1-16(29)24-12-13-25-22-20-14-18(15-30-19-10-6-3-7-11-19)26-23(20)28-21(27-22)17-8-4-2-5-9-17;20-17-16-11-14(12-24-15-9-5-2-6-10-15)21-19(16)23-18(22-17)13-7-3-1-4-8-13;1-4(7)6-3-2-5/h2,4-5,8-9,14,19H,3,6-7,10-13,15H2,1H3,(H,24,29)(H2,25,26,27,28);1,3-4,7-8,11,15H,2,5-6,9-10,12H2,(H,21,22,23);2-3,5H2,1H3,(H,6,7). The zero-order valence-electron chi connectivity index (χ0n) is 35.3. The molecule has 0 aliphatic heterocycles. The highest BCUT2D eigenvalue weighted by atomic mass is 35.5. The van der Waals surface area contributed by atoms with Crippen molar-refractivity contribution in [3.63, 3.8) is 0 Å². The van der Waals surface area contributed by atoms with E-state index >= 15 is 0 Å².